The molecule has 0 radical (unpaired) electrons. The fourth-order valence-electron chi connectivity index (χ4n) is 17.8. The Balaban J connectivity index is 0.000000141. The number of hydrogen-bond acceptors (Lipinski definition) is 8. The molecule has 17 aromatic carbocycles. The van der Waals surface area contributed by atoms with Gasteiger partial charge >= 0.3 is 0 Å². The molecule has 21 aromatic rings. The van der Waals surface area contributed by atoms with Gasteiger partial charge in [-0.05, 0) is 220 Å². The van der Waals surface area contributed by atoms with Gasteiger partial charge in [-0.15, -0.1) is 0 Å². The fraction of sp³-hybridized carbons (Fsp3) is 0. The van der Waals surface area contributed by atoms with Crippen LogP contribution in [0.15, 0.2) is 377 Å². The number of rotatable bonds is 10. The Morgan fingerprint density at radius 3 is 0.966 bits per heavy atom. The van der Waals surface area contributed by atoms with E-state index in [1.54, 1.807) is 0 Å². The Morgan fingerprint density at radius 1 is 0.190 bits per heavy atom. The highest BCUT2D eigenvalue weighted by Crippen LogP contribution is 2.55. The number of pyridine rings is 2. The van der Waals surface area contributed by atoms with Crippen LogP contribution in [0.5, 0.6) is 0 Å². The molecule has 0 amide bonds. The number of nitrogens with zero attached hydrogens (tertiary/aromatic N) is 8. The molecule has 0 bridgehead atoms. The number of aromatic nitrogens is 6. The minimum Gasteiger partial charge on any atom is -0.264 e. The minimum atomic E-state index is 0.642. The van der Waals surface area contributed by atoms with E-state index in [1.807, 2.05) is 49.1 Å². The second-order valence-electron chi connectivity index (χ2n) is 29.7. The molecule has 0 unspecified atom stereocenters. The lowest BCUT2D eigenvalue weighted by atomic mass is 9.86. The van der Waals surface area contributed by atoms with Crippen LogP contribution in [0.25, 0.3) is 232 Å². The lowest BCUT2D eigenvalue weighted by Gasteiger charge is -2.18. The third kappa shape index (κ3) is 11.3. The zero-order chi connectivity index (χ0) is 76.9. The largest absolute Gasteiger partial charge is 0.264 e. The standard InChI is InChI=1S/C55H31N5.C53H31N3/c56-30-33-15-17-34(18-16-33)39-19-21-47-41-10-2-3-11-42(41)48-22-23-49(53(39)54(47)48)44-20-24-50(43-12-4-1-9-40(43)44)55-59-51(45-13-5-7-35-31-57-27-25-37(35)45)29-52(60-55)46-14-6-8-36-32-58-28-26-38(36)46;54-32-33-13-15-36(16-14-33)43-25-27-47-45-11-5-6-12-46(45)48-28-26-44(51(43)52(47)48)37-19-21-38(22-20-37)53-55-49(41-23-17-34-7-1-3-9-39(34)29-41)31-50(56-53)42-24-18-35-8-2-4-10-40(35)30-42/h1-29,31-32H;1-31H. The summed E-state index contributed by atoms with van der Waals surface area (Å²) in [5.74, 6) is 1.33. The van der Waals surface area contributed by atoms with Crippen molar-refractivity contribution in [1.82, 2.24) is 29.9 Å². The van der Waals surface area contributed by atoms with Crippen molar-refractivity contribution < 1.29 is 0 Å². The average molecular weight is 1470 g/mol. The van der Waals surface area contributed by atoms with E-state index in [2.05, 4.69) is 350 Å². The van der Waals surface area contributed by atoms with E-state index >= 15 is 0 Å². The molecule has 2 aliphatic carbocycles. The topological polar surface area (TPSA) is 125 Å². The van der Waals surface area contributed by atoms with Gasteiger partial charge in [0.05, 0.1) is 46.0 Å². The maximum Gasteiger partial charge on any atom is 0.161 e. The highest BCUT2D eigenvalue weighted by atomic mass is 14.9. The lowest BCUT2D eigenvalue weighted by molar-refractivity contribution is 1.18. The Morgan fingerprint density at radius 2 is 0.509 bits per heavy atom. The SMILES string of the molecule is N#Cc1ccc(-c2ccc3c4c(ccc(-c5ccc(-c6nc(-c7ccc8ccccc8c7)cc(-c7ccc8ccccc8c7)n6)cc5)c24)-c2ccccc2-3)cc1.N#Cc1ccc(-c2ccc3c4c(ccc(-c5ccc(-c6nc(-c7cccc8cnccc78)cc(-c7cccc8cnccc78)n6)c6ccccc56)c24)-c2ccccc2-3)cc1. The smallest absolute Gasteiger partial charge is 0.161 e. The van der Waals surface area contributed by atoms with Crippen LogP contribution in [-0.4, -0.2) is 29.9 Å². The molecule has 8 heteroatoms. The van der Waals surface area contributed by atoms with Crippen LogP contribution in [0, 0.1) is 22.7 Å². The van der Waals surface area contributed by atoms with Crippen molar-refractivity contribution in [3.8, 4) is 169 Å². The normalized spacial score (nSPS) is 11.6. The van der Waals surface area contributed by atoms with Crippen LogP contribution in [0.2, 0.25) is 0 Å². The molecule has 534 valence electrons. The zero-order valence-corrected chi connectivity index (χ0v) is 62.4. The summed E-state index contributed by atoms with van der Waals surface area (Å²) in [5, 5.41) is 35.2. The van der Waals surface area contributed by atoms with Gasteiger partial charge in [-0.2, -0.15) is 10.5 Å². The summed E-state index contributed by atoms with van der Waals surface area (Å²) in [5.41, 5.74) is 29.8. The first-order valence-electron chi connectivity index (χ1n) is 38.9. The van der Waals surface area contributed by atoms with Crippen LogP contribution in [0.4, 0.5) is 0 Å². The molecule has 8 nitrogen and oxygen atoms in total. The molecule has 0 fully saturated rings. The number of fused-ring (bicyclic) bond motifs is 11. The molecule has 0 saturated carbocycles. The van der Waals surface area contributed by atoms with Gasteiger partial charge < -0.3 is 0 Å². The van der Waals surface area contributed by atoms with Crippen LogP contribution in [0.3, 0.4) is 0 Å². The predicted molar refractivity (Wildman–Crippen MR) is 475 cm³/mol. The van der Waals surface area contributed by atoms with E-state index in [0.29, 0.717) is 22.8 Å². The molecule has 23 rings (SSSR count). The minimum absolute atomic E-state index is 0.642. The highest BCUT2D eigenvalue weighted by molar-refractivity contribution is 6.25. The lowest BCUT2D eigenvalue weighted by Crippen LogP contribution is -1.98. The van der Waals surface area contributed by atoms with Crippen LogP contribution >= 0.6 is 0 Å². The summed E-state index contributed by atoms with van der Waals surface area (Å²) in [7, 11) is 0. The summed E-state index contributed by atoms with van der Waals surface area (Å²) in [6, 6.07) is 129. The van der Waals surface area contributed by atoms with Crippen LogP contribution in [0.1, 0.15) is 11.1 Å². The van der Waals surface area contributed by atoms with Gasteiger partial charge in [0.25, 0.3) is 0 Å². The number of hydrogen-bond donors (Lipinski definition) is 0. The second-order valence-corrected chi connectivity index (χ2v) is 29.7. The van der Waals surface area contributed by atoms with Gasteiger partial charge in [-0.25, -0.2) is 19.9 Å². The quantitative estimate of drug-likeness (QED) is 0.133. The van der Waals surface area contributed by atoms with E-state index in [9.17, 15) is 10.5 Å². The van der Waals surface area contributed by atoms with E-state index in [4.69, 9.17) is 19.9 Å². The summed E-state index contributed by atoms with van der Waals surface area (Å²) in [6.07, 6.45) is 7.48. The van der Waals surface area contributed by atoms with Gasteiger partial charge in [0, 0.05) is 68.9 Å². The zero-order valence-electron chi connectivity index (χ0n) is 62.4. The van der Waals surface area contributed by atoms with Crippen LogP contribution < -0.4 is 0 Å². The van der Waals surface area contributed by atoms with Gasteiger partial charge in [0.2, 0.25) is 0 Å². The molecule has 0 spiro atoms. The summed E-state index contributed by atoms with van der Waals surface area (Å²) in [6.45, 7) is 0. The summed E-state index contributed by atoms with van der Waals surface area (Å²) < 4.78 is 0. The third-order valence-corrected chi connectivity index (χ3v) is 23.4. The summed E-state index contributed by atoms with van der Waals surface area (Å²) >= 11 is 0. The average Bonchev–Trinajstić information content (AvgIpc) is 1.53. The number of benzene rings is 17. The second kappa shape index (κ2) is 27.5. The van der Waals surface area contributed by atoms with Crippen molar-refractivity contribution in [2.24, 2.45) is 0 Å². The Labute approximate surface area is 668 Å². The predicted octanol–water partition coefficient (Wildman–Crippen LogP) is 27.5. The van der Waals surface area contributed by atoms with Gasteiger partial charge in [-0.3, -0.25) is 9.97 Å². The van der Waals surface area contributed by atoms with Crippen molar-refractivity contribution in [2.75, 3.05) is 0 Å². The Kier molecular flexibility index (Phi) is 15.9. The molecule has 4 heterocycles. The number of nitriles is 2. The maximum atomic E-state index is 9.62. The van der Waals surface area contributed by atoms with Crippen molar-refractivity contribution in [3.63, 3.8) is 0 Å². The molecular formula is C108H62N8. The van der Waals surface area contributed by atoms with Crippen molar-refractivity contribution in [3.05, 3.63) is 388 Å². The van der Waals surface area contributed by atoms with Gasteiger partial charge in [0.15, 0.2) is 11.6 Å². The molecule has 0 N–H and O–H groups in total. The monoisotopic (exact) mass is 1470 g/mol. The molecule has 0 saturated heterocycles. The molecule has 0 aliphatic heterocycles. The van der Waals surface area contributed by atoms with E-state index in [0.717, 1.165) is 133 Å². The maximum absolute atomic E-state index is 9.62. The fourth-order valence-corrected chi connectivity index (χ4v) is 17.8. The van der Waals surface area contributed by atoms with Crippen LogP contribution in [-0.2, 0) is 0 Å². The van der Waals surface area contributed by atoms with Gasteiger partial charge in [0.1, 0.15) is 0 Å². The Bertz CT molecular complexity index is 7520. The first kappa shape index (κ1) is 66.9. The molecule has 4 aromatic heterocycles. The van der Waals surface area contributed by atoms with Crippen molar-refractivity contribution in [1.29, 1.82) is 10.5 Å². The molecule has 116 heavy (non-hydrogen) atoms. The van der Waals surface area contributed by atoms with Crippen molar-refractivity contribution >= 4 is 75.4 Å². The van der Waals surface area contributed by atoms with Crippen molar-refractivity contribution in [2.45, 2.75) is 0 Å². The van der Waals surface area contributed by atoms with Gasteiger partial charge in [-0.1, -0.05) is 285 Å². The summed E-state index contributed by atoms with van der Waals surface area (Å²) in [4.78, 5) is 30.0. The molecular weight excluding hydrogens is 1410 g/mol. The Hall–Kier alpha value is -16.0. The first-order chi connectivity index (χ1) is 57.4. The molecule has 2 aliphatic rings. The van der Waals surface area contributed by atoms with E-state index in [-0.39, 0.29) is 0 Å². The van der Waals surface area contributed by atoms with E-state index in [1.165, 1.54) is 87.6 Å². The molecule has 0 atom stereocenters. The highest BCUT2D eigenvalue weighted by Gasteiger charge is 2.29. The van der Waals surface area contributed by atoms with E-state index < -0.39 is 0 Å². The third-order valence-electron chi connectivity index (χ3n) is 23.4. The first-order valence-corrected chi connectivity index (χ1v) is 38.9.